The minimum absolute atomic E-state index is 0.00915. The third-order valence-electron chi connectivity index (χ3n) is 3.57. The smallest absolute Gasteiger partial charge is 0.241 e. The van der Waals surface area contributed by atoms with Crippen LogP contribution < -0.4 is 15.4 Å². The molecule has 0 radical (unpaired) electrons. The minimum atomic E-state index is -3.88. The van der Waals surface area contributed by atoms with Gasteiger partial charge in [-0.15, -0.1) is 0 Å². The zero-order valence-corrected chi connectivity index (χ0v) is 16.3. The standard InChI is InChI=1S/C20H21N3O4S/c1-15(20(25)21-14-6-9-17-7-4-3-5-8-17)23-28(26,27)19-12-10-18(11-13-19)22-16(2)24/h3-5,7-8,10-13,15,23H,14H2,1-2H3,(H,21,25)(H,22,24)/t15-/m0/s1. The molecular formula is C20H21N3O4S. The van der Waals surface area contributed by atoms with Crippen molar-refractivity contribution in [1.29, 1.82) is 0 Å². The second-order valence-electron chi connectivity index (χ2n) is 5.93. The Labute approximate surface area is 164 Å². The lowest BCUT2D eigenvalue weighted by Gasteiger charge is -2.14. The van der Waals surface area contributed by atoms with E-state index in [1.165, 1.54) is 38.1 Å². The van der Waals surface area contributed by atoms with Crippen LogP contribution in [0.3, 0.4) is 0 Å². The van der Waals surface area contributed by atoms with Crippen molar-refractivity contribution in [3.63, 3.8) is 0 Å². The van der Waals surface area contributed by atoms with Gasteiger partial charge in [0, 0.05) is 18.2 Å². The lowest BCUT2D eigenvalue weighted by atomic mass is 10.2. The summed E-state index contributed by atoms with van der Waals surface area (Å²) >= 11 is 0. The maximum Gasteiger partial charge on any atom is 0.241 e. The molecule has 2 aromatic rings. The summed E-state index contributed by atoms with van der Waals surface area (Å²) in [6.07, 6.45) is 0. The third kappa shape index (κ3) is 6.54. The highest BCUT2D eigenvalue weighted by molar-refractivity contribution is 7.89. The monoisotopic (exact) mass is 399 g/mol. The second-order valence-corrected chi connectivity index (χ2v) is 7.65. The van der Waals surface area contributed by atoms with Crippen molar-refractivity contribution < 1.29 is 18.0 Å². The van der Waals surface area contributed by atoms with Gasteiger partial charge in [-0.1, -0.05) is 30.0 Å². The molecule has 7 nitrogen and oxygen atoms in total. The number of hydrogen-bond donors (Lipinski definition) is 3. The molecule has 0 aliphatic carbocycles. The average Bonchev–Trinajstić information content (AvgIpc) is 2.65. The number of anilines is 1. The molecule has 2 aromatic carbocycles. The second kappa shape index (κ2) is 9.69. The molecule has 1 atom stereocenters. The number of amides is 2. The van der Waals surface area contributed by atoms with Crippen molar-refractivity contribution in [3.8, 4) is 11.8 Å². The molecular weight excluding hydrogens is 378 g/mol. The Bertz CT molecular complexity index is 991. The van der Waals surface area contributed by atoms with E-state index in [1.54, 1.807) is 0 Å². The van der Waals surface area contributed by atoms with Gasteiger partial charge in [0.05, 0.1) is 17.5 Å². The van der Waals surface area contributed by atoms with Crippen LogP contribution in [0.1, 0.15) is 19.4 Å². The van der Waals surface area contributed by atoms with E-state index in [1.807, 2.05) is 30.3 Å². The van der Waals surface area contributed by atoms with E-state index in [4.69, 9.17) is 0 Å². The van der Waals surface area contributed by atoms with Gasteiger partial charge in [-0.25, -0.2) is 8.42 Å². The maximum absolute atomic E-state index is 12.4. The molecule has 2 rings (SSSR count). The molecule has 2 amide bonds. The number of nitrogens with one attached hydrogen (secondary N) is 3. The molecule has 3 N–H and O–H groups in total. The van der Waals surface area contributed by atoms with Crippen molar-refractivity contribution in [2.75, 3.05) is 11.9 Å². The van der Waals surface area contributed by atoms with Crippen molar-refractivity contribution in [2.24, 2.45) is 0 Å². The topological polar surface area (TPSA) is 104 Å². The predicted molar refractivity (Wildman–Crippen MR) is 107 cm³/mol. The number of carbonyl (C=O) groups excluding carboxylic acids is 2. The quantitative estimate of drug-likeness (QED) is 0.640. The fourth-order valence-corrected chi connectivity index (χ4v) is 3.43. The summed E-state index contributed by atoms with van der Waals surface area (Å²) in [5, 5.41) is 5.12. The van der Waals surface area contributed by atoms with Crippen LogP contribution in [0.25, 0.3) is 0 Å². The third-order valence-corrected chi connectivity index (χ3v) is 5.12. The van der Waals surface area contributed by atoms with Crippen molar-refractivity contribution in [2.45, 2.75) is 24.8 Å². The number of benzene rings is 2. The van der Waals surface area contributed by atoms with Gasteiger partial charge in [-0.05, 0) is 43.3 Å². The molecule has 0 aromatic heterocycles. The predicted octanol–water partition coefficient (Wildman–Crippen LogP) is 1.48. The molecule has 0 aliphatic heterocycles. The van der Waals surface area contributed by atoms with Gasteiger partial charge in [0.25, 0.3) is 0 Å². The number of sulfonamides is 1. The van der Waals surface area contributed by atoms with Gasteiger partial charge < -0.3 is 10.6 Å². The molecule has 0 aliphatic rings. The van der Waals surface area contributed by atoms with Crippen molar-refractivity contribution in [3.05, 3.63) is 60.2 Å². The summed E-state index contributed by atoms with van der Waals surface area (Å²) in [4.78, 5) is 23.1. The highest BCUT2D eigenvalue weighted by atomic mass is 32.2. The summed E-state index contributed by atoms with van der Waals surface area (Å²) in [6, 6.07) is 14.0. The molecule has 0 saturated heterocycles. The molecule has 0 spiro atoms. The molecule has 0 unspecified atom stereocenters. The lowest BCUT2D eigenvalue weighted by molar-refractivity contribution is -0.122. The Morgan fingerprint density at radius 2 is 1.68 bits per heavy atom. The number of carbonyl (C=O) groups is 2. The first kappa shape index (κ1) is 21.2. The van der Waals surface area contributed by atoms with Crippen LogP contribution in [0.5, 0.6) is 0 Å². The summed E-state index contributed by atoms with van der Waals surface area (Å²) in [6.45, 7) is 2.91. The molecule has 146 valence electrons. The molecule has 0 fully saturated rings. The van der Waals surface area contributed by atoms with Crippen LogP contribution in [-0.2, 0) is 19.6 Å². The fraction of sp³-hybridized carbons (Fsp3) is 0.200. The lowest BCUT2D eigenvalue weighted by Crippen LogP contribution is -2.44. The van der Waals surface area contributed by atoms with E-state index in [0.29, 0.717) is 5.69 Å². The van der Waals surface area contributed by atoms with E-state index < -0.39 is 22.0 Å². The van der Waals surface area contributed by atoms with Crippen molar-refractivity contribution in [1.82, 2.24) is 10.0 Å². The maximum atomic E-state index is 12.4. The van der Waals surface area contributed by atoms with E-state index in [9.17, 15) is 18.0 Å². The van der Waals surface area contributed by atoms with Crippen LogP contribution >= 0.6 is 0 Å². The van der Waals surface area contributed by atoms with Crippen LogP contribution in [-0.4, -0.2) is 32.8 Å². The van der Waals surface area contributed by atoms with Crippen LogP contribution in [0.4, 0.5) is 5.69 Å². The average molecular weight is 399 g/mol. The Hall–Kier alpha value is -3.15. The Morgan fingerprint density at radius 3 is 2.29 bits per heavy atom. The highest BCUT2D eigenvalue weighted by Gasteiger charge is 2.21. The number of rotatable bonds is 6. The van der Waals surface area contributed by atoms with Gasteiger partial charge >= 0.3 is 0 Å². The zero-order chi connectivity index (χ0) is 20.6. The van der Waals surface area contributed by atoms with E-state index in [2.05, 4.69) is 27.2 Å². The molecule has 8 heteroatoms. The normalized spacial score (nSPS) is 11.6. The summed E-state index contributed by atoms with van der Waals surface area (Å²) in [5.41, 5.74) is 1.31. The van der Waals surface area contributed by atoms with E-state index in [-0.39, 0.29) is 17.3 Å². The van der Waals surface area contributed by atoms with Crippen molar-refractivity contribution >= 4 is 27.5 Å². The van der Waals surface area contributed by atoms with Gasteiger partial charge in [0.15, 0.2) is 0 Å². The molecule has 28 heavy (non-hydrogen) atoms. The Balaban J connectivity index is 1.91. The summed E-state index contributed by atoms with van der Waals surface area (Å²) in [7, 11) is -3.88. The molecule has 0 saturated carbocycles. The van der Waals surface area contributed by atoms with Crippen LogP contribution in [0.15, 0.2) is 59.5 Å². The van der Waals surface area contributed by atoms with Crippen LogP contribution in [0, 0.1) is 11.8 Å². The number of hydrogen-bond acceptors (Lipinski definition) is 4. The van der Waals surface area contributed by atoms with Crippen LogP contribution in [0.2, 0.25) is 0 Å². The van der Waals surface area contributed by atoms with E-state index in [0.717, 1.165) is 5.56 Å². The summed E-state index contributed by atoms with van der Waals surface area (Å²) < 4.78 is 27.1. The van der Waals surface area contributed by atoms with Gasteiger partial charge in [-0.2, -0.15) is 4.72 Å². The Morgan fingerprint density at radius 1 is 1.04 bits per heavy atom. The zero-order valence-electron chi connectivity index (χ0n) is 15.5. The highest BCUT2D eigenvalue weighted by Crippen LogP contribution is 2.14. The summed E-state index contributed by atoms with van der Waals surface area (Å²) in [5.74, 6) is 4.97. The largest absolute Gasteiger partial charge is 0.344 e. The van der Waals surface area contributed by atoms with Gasteiger partial charge in [-0.3, -0.25) is 9.59 Å². The Kier molecular flexibility index (Phi) is 7.32. The van der Waals surface area contributed by atoms with E-state index >= 15 is 0 Å². The minimum Gasteiger partial charge on any atom is -0.344 e. The van der Waals surface area contributed by atoms with Gasteiger partial charge in [0.2, 0.25) is 21.8 Å². The SMILES string of the molecule is CC(=O)Nc1ccc(S(=O)(=O)N[C@@H](C)C(=O)NCC#Cc2ccccc2)cc1. The molecule has 0 heterocycles. The molecule has 0 bridgehead atoms. The fourth-order valence-electron chi connectivity index (χ4n) is 2.23. The van der Waals surface area contributed by atoms with Gasteiger partial charge in [0.1, 0.15) is 0 Å². The first-order valence-corrected chi connectivity index (χ1v) is 9.98. The first-order valence-electron chi connectivity index (χ1n) is 8.49. The first-order chi connectivity index (χ1) is 13.3.